The molecule has 5 heteroatoms. The van der Waals surface area contributed by atoms with Crippen molar-refractivity contribution in [1.29, 1.82) is 0 Å². The molecule has 0 fully saturated rings. The summed E-state index contributed by atoms with van der Waals surface area (Å²) in [5.41, 5.74) is 0.596. The van der Waals surface area contributed by atoms with Gasteiger partial charge in [-0.15, -0.1) is 0 Å². The van der Waals surface area contributed by atoms with E-state index in [0.717, 1.165) is 0 Å². The molecule has 0 saturated heterocycles. The highest BCUT2D eigenvalue weighted by Gasteiger charge is 2.10. The predicted molar refractivity (Wildman–Crippen MR) is 42.6 cm³/mol. The van der Waals surface area contributed by atoms with Crippen LogP contribution in [0.1, 0.15) is 5.56 Å². The topological polar surface area (TPSA) is 78.4 Å². The summed E-state index contributed by atoms with van der Waals surface area (Å²) in [6, 6.07) is 4.44. The summed E-state index contributed by atoms with van der Waals surface area (Å²) in [4.78, 5) is 14.3. The molecule has 0 aliphatic heterocycles. The number of benzene rings is 1. The lowest BCUT2D eigenvalue weighted by atomic mass is 10.2. The lowest BCUT2D eigenvalue weighted by Crippen LogP contribution is -2.02. The average Bonchev–Trinajstić information content (AvgIpc) is 2.05. The van der Waals surface area contributed by atoms with E-state index in [1.165, 1.54) is 6.07 Å². The van der Waals surface area contributed by atoms with Crippen LogP contribution in [0.15, 0.2) is 18.2 Å². The molecule has 0 radical (unpaired) electrons. The van der Waals surface area contributed by atoms with Crippen LogP contribution in [-0.2, 0) is 0 Å². The first-order chi connectivity index (χ1) is 5.65. The second-order valence-corrected chi connectivity index (χ2v) is 2.32. The van der Waals surface area contributed by atoms with E-state index in [1.54, 1.807) is 19.1 Å². The molecule has 12 heavy (non-hydrogen) atoms. The van der Waals surface area contributed by atoms with Gasteiger partial charge < -0.3 is 4.84 Å². The fraction of sp³-hybridized carbons (Fsp3) is 0.143. The largest absolute Gasteiger partial charge is 0.411 e. The molecule has 0 spiro atoms. The van der Waals surface area contributed by atoms with E-state index in [4.69, 9.17) is 5.90 Å². The number of nitrogens with two attached hydrogens (primary N) is 1. The zero-order chi connectivity index (χ0) is 9.14. The van der Waals surface area contributed by atoms with E-state index >= 15 is 0 Å². The summed E-state index contributed by atoms with van der Waals surface area (Å²) < 4.78 is 0. The van der Waals surface area contributed by atoms with Crippen LogP contribution in [0, 0.1) is 17.0 Å². The Hall–Kier alpha value is -1.62. The SMILES string of the molecule is Cc1ccc(ON)cc1[N+](=O)[O-]. The van der Waals surface area contributed by atoms with Crippen molar-refractivity contribution in [2.45, 2.75) is 6.92 Å². The highest BCUT2D eigenvalue weighted by molar-refractivity contribution is 5.44. The quantitative estimate of drug-likeness (QED) is 0.530. The van der Waals surface area contributed by atoms with Gasteiger partial charge in [0.05, 0.1) is 11.0 Å². The van der Waals surface area contributed by atoms with Gasteiger partial charge in [-0.05, 0) is 19.1 Å². The van der Waals surface area contributed by atoms with Crippen LogP contribution in [0.3, 0.4) is 0 Å². The molecule has 64 valence electrons. The first-order valence-electron chi connectivity index (χ1n) is 3.27. The van der Waals surface area contributed by atoms with Crippen LogP contribution < -0.4 is 10.7 Å². The zero-order valence-electron chi connectivity index (χ0n) is 6.48. The number of nitrogens with zero attached hydrogens (tertiary/aromatic N) is 1. The summed E-state index contributed by atoms with van der Waals surface area (Å²) in [7, 11) is 0. The van der Waals surface area contributed by atoms with Crippen LogP contribution in [0.5, 0.6) is 5.75 Å². The van der Waals surface area contributed by atoms with E-state index in [-0.39, 0.29) is 11.4 Å². The van der Waals surface area contributed by atoms with Gasteiger partial charge in [-0.1, -0.05) is 0 Å². The maximum absolute atomic E-state index is 10.4. The Morgan fingerprint density at radius 3 is 2.75 bits per heavy atom. The predicted octanol–water partition coefficient (Wildman–Crippen LogP) is 1.16. The third kappa shape index (κ3) is 1.51. The molecule has 1 aromatic rings. The number of rotatable bonds is 2. The summed E-state index contributed by atoms with van der Waals surface area (Å²) >= 11 is 0. The molecule has 2 N–H and O–H groups in total. The minimum absolute atomic E-state index is 0.0120. The van der Waals surface area contributed by atoms with E-state index < -0.39 is 4.92 Å². The van der Waals surface area contributed by atoms with Gasteiger partial charge >= 0.3 is 0 Å². The lowest BCUT2D eigenvalue weighted by Gasteiger charge is -1.99. The molecular weight excluding hydrogens is 160 g/mol. The second kappa shape index (κ2) is 3.19. The molecule has 0 aromatic heterocycles. The minimum Gasteiger partial charge on any atom is -0.411 e. The standard InChI is InChI=1S/C7H8N2O3/c1-5-2-3-6(12-8)4-7(5)9(10)11/h2-4H,8H2,1H3. The maximum Gasteiger partial charge on any atom is 0.276 e. The Morgan fingerprint density at radius 1 is 1.58 bits per heavy atom. The normalized spacial score (nSPS) is 9.50. The monoisotopic (exact) mass is 168 g/mol. The summed E-state index contributed by atoms with van der Waals surface area (Å²) in [6.07, 6.45) is 0. The molecule has 5 nitrogen and oxygen atoms in total. The van der Waals surface area contributed by atoms with E-state index in [9.17, 15) is 10.1 Å². The van der Waals surface area contributed by atoms with Crippen LogP contribution in [0.25, 0.3) is 0 Å². The number of hydrogen-bond acceptors (Lipinski definition) is 4. The van der Waals surface area contributed by atoms with Crippen molar-refractivity contribution >= 4 is 5.69 Å². The van der Waals surface area contributed by atoms with Gasteiger partial charge in [-0.2, -0.15) is 5.90 Å². The molecule has 1 aromatic carbocycles. The lowest BCUT2D eigenvalue weighted by molar-refractivity contribution is -0.385. The van der Waals surface area contributed by atoms with Gasteiger partial charge in [-0.25, -0.2) is 0 Å². The Balaban J connectivity index is 3.17. The van der Waals surface area contributed by atoms with Crippen molar-refractivity contribution in [2.24, 2.45) is 5.90 Å². The van der Waals surface area contributed by atoms with Crippen LogP contribution in [0.2, 0.25) is 0 Å². The van der Waals surface area contributed by atoms with Crippen molar-refractivity contribution in [3.63, 3.8) is 0 Å². The second-order valence-electron chi connectivity index (χ2n) is 2.32. The zero-order valence-corrected chi connectivity index (χ0v) is 6.48. The van der Waals surface area contributed by atoms with Crippen molar-refractivity contribution in [3.8, 4) is 5.75 Å². The van der Waals surface area contributed by atoms with Crippen LogP contribution in [-0.4, -0.2) is 4.92 Å². The molecule has 1 rings (SSSR count). The Labute approximate surface area is 68.9 Å². The molecular formula is C7H8N2O3. The van der Waals surface area contributed by atoms with Gasteiger partial charge in [0, 0.05) is 5.56 Å². The summed E-state index contributed by atoms with van der Waals surface area (Å²) in [5, 5.41) is 10.4. The fourth-order valence-corrected chi connectivity index (χ4v) is 0.859. The van der Waals surface area contributed by atoms with Gasteiger partial charge in [0.25, 0.3) is 5.69 Å². The Morgan fingerprint density at radius 2 is 2.25 bits per heavy atom. The van der Waals surface area contributed by atoms with Crippen LogP contribution in [0.4, 0.5) is 5.69 Å². The third-order valence-electron chi connectivity index (χ3n) is 1.51. The highest BCUT2D eigenvalue weighted by Crippen LogP contribution is 2.22. The molecule has 0 heterocycles. The van der Waals surface area contributed by atoms with Gasteiger partial charge in [0.15, 0.2) is 5.75 Å². The molecule has 0 aliphatic carbocycles. The Kier molecular flexibility index (Phi) is 2.25. The molecule has 0 aliphatic rings. The summed E-state index contributed by atoms with van der Waals surface area (Å²) in [6.45, 7) is 1.65. The van der Waals surface area contributed by atoms with Crippen molar-refractivity contribution < 1.29 is 9.76 Å². The van der Waals surface area contributed by atoms with Crippen molar-refractivity contribution in [1.82, 2.24) is 0 Å². The smallest absolute Gasteiger partial charge is 0.276 e. The minimum atomic E-state index is -0.474. The van der Waals surface area contributed by atoms with Gasteiger partial charge in [-0.3, -0.25) is 10.1 Å². The van der Waals surface area contributed by atoms with E-state index in [0.29, 0.717) is 5.56 Å². The molecule has 0 amide bonds. The molecule has 0 bridgehead atoms. The third-order valence-corrected chi connectivity index (χ3v) is 1.51. The summed E-state index contributed by atoms with van der Waals surface area (Å²) in [5.74, 6) is 5.13. The average molecular weight is 168 g/mol. The molecule has 0 atom stereocenters. The van der Waals surface area contributed by atoms with Gasteiger partial charge in [0.2, 0.25) is 0 Å². The number of hydrogen-bond donors (Lipinski definition) is 1. The van der Waals surface area contributed by atoms with Crippen molar-refractivity contribution in [2.75, 3.05) is 0 Å². The molecule has 0 saturated carbocycles. The van der Waals surface area contributed by atoms with E-state index in [2.05, 4.69) is 4.84 Å². The van der Waals surface area contributed by atoms with Crippen LogP contribution >= 0.6 is 0 Å². The number of aryl methyl sites for hydroxylation is 1. The van der Waals surface area contributed by atoms with E-state index in [1.807, 2.05) is 0 Å². The molecule has 0 unspecified atom stereocenters. The fourth-order valence-electron chi connectivity index (χ4n) is 0.859. The first kappa shape index (κ1) is 8.48. The number of nitro groups is 1. The number of nitro benzene ring substituents is 1. The Bertz CT molecular complexity index is 312. The first-order valence-corrected chi connectivity index (χ1v) is 3.27. The maximum atomic E-state index is 10.4. The highest BCUT2D eigenvalue weighted by atomic mass is 16.6. The van der Waals surface area contributed by atoms with Gasteiger partial charge in [0.1, 0.15) is 0 Å². The van der Waals surface area contributed by atoms with Crippen molar-refractivity contribution in [3.05, 3.63) is 33.9 Å².